The molecule has 1 saturated carbocycles. The predicted molar refractivity (Wildman–Crippen MR) is 38.7 cm³/mol. The zero-order valence-corrected chi connectivity index (χ0v) is 6.29. The van der Waals surface area contributed by atoms with Gasteiger partial charge in [0.25, 0.3) is 0 Å². The number of carboxylic acids is 1. The lowest BCUT2D eigenvalue weighted by Gasteiger charge is -1.87. The van der Waals surface area contributed by atoms with Crippen molar-refractivity contribution in [2.24, 2.45) is 11.8 Å². The van der Waals surface area contributed by atoms with E-state index in [2.05, 4.69) is 0 Å². The van der Waals surface area contributed by atoms with Gasteiger partial charge in [-0.2, -0.15) is 0 Å². The molecule has 0 aliphatic heterocycles. The van der Waals surface area contributed by atoms with Crippen molar-refractivity contribution in [1.82, 2.24) is 0 Å². The zero-order valence-electron chi connectivity index (χ0n) is 6.29. The second-order valence-corrected chi connectivity index (χ2v) is 3.09. The van der Waals surface area contributed by atoms with Crippen LogP contribution in [-0.2, 0) is 4.79 Å². The molecule has 1 N–H and O–H groups in total. The molecule has 1 rings (SSSR count). The Kier molecular flexibility index (Phi) is 1.79. The molecular formula is C8H12O2. The third kappa shape index (κ3) is 1.59. The highest BCUT2D eigenvalue weighted by Gasteiger charge is 2.41. The summed E-state index contributed by atoms with van der Waals surface area (Å²) in [6.45, 7) is 3.99. The second kappa shape index (κ2) is 2.45. The molecule has 2 atom stereocenters. The van der Waals surface area contributed by atoms with Gasteiger partial charge in [-0.3, -0.25) is 4.79 Å². The smallest absolute Gasteiger partial charge is 0.307 e. The molecule has 0 heterocycles. The van der Waals surface area contributed by atoms with Gasteiger partial charge in [-0.1, -0.05) is 11.6 Å². The van der Waals surface area contributed by atoms with Gasteiger partial charge in [0.15, 0.2) is 0 Å². The van der Waals surface area contributed by atoms with Crippen molar-refractivity contribution in [1.29, 1.82) is 0 Å². The lowest BCUT2D eigenvalue weighted by Crippen LogP contribution is -1.98. The molecule has 0 saturated heterocycles. The van der Waals surface area contributed by atoms with E-state index in [0.717, 1.165) is 6.42 Å². The molecule has 2 unspecified atom stereocenters. The van der Waals surface area contributed by atoms with Crippen LogP contribution in [0.4, 0.5) is 0 Å². The minimum Gasteiger partial charge on any atom is -0.481 e. The summed E-state index contributed by atoms with van der Waals surface area (Å²) in [5, 5.41) is 8.51. The van der Waals surface area contributed by atoms with Gasteiger partial charge < -0.3 is 5.11 Å². The third-order valence-electron chi connectivity index (χ3n) is 1.70. The highest BCUT2D eigenvalue weighted by Crippen LogP contribution is 2.40. The first-order valence-electron chi connectivity index (χ1n) is 3.49. The Morgan fingerprint density at radius 1 is 1.60 bits per heavy atom. The van der Waals surface area contributed by atoms with Crippen molar-refractivity contribution < 1.29 is 9.90 Å². The largest absolute Gasteiger partial charge is 0.481 e. The number of carbonyl (C=O) groups is 1. The van der Waals surface area contributed by atoms with Crippen LogP contribution in [0.3, 0.4) is 0 Å². The molecule has 0 aromatic heterocycles. The topological polar surface area (TPSA) is 37.3 Å². The molecule has 2 nitrogen and oxygen atoms in total. The lowest BCUT2D eigenvalue weighted by molar-refractivity contribution is -0.138. The molecule has 1 aliphatic rings. The molecule has 0 aromatic carbocycles. The van der Waals surface area contributed by atoms with E-state index in [1.54, 1.807) is 0 Å². The van der Waals surface area contributed by atoms with Gasteiger partial charge >= 0.3 is 5.97 Å². The fraction of sp³-hybridized carbons (Fsp3) is 0.625. The van der Waals surface area contributed by atoms with E-state index >= 15 is 0 Å². The predicted octanol–water partition coefficient (Wildman–Crippen LogP) is 1.67. The van der Waals surface area contributed by atoms with Crippen molar-refractivity contribution in [2.45, 2.75) is 20.3 Å². The van der Waals surface area contributed by atoms with Crippen LogP contribution >= 0.6 is 0 Å². The van der Waals surface area contributed by atoms with Gasteiger partial charge in [0.1, 0.15) is 0 Å². The normalized spacial score (nSPS) is 29.4. The molecule has 1 fully saturated rings. The second-order valence-electron chi connectivity index (χ2n) is 3.09. The highest BCUT2D eigenvalue weighted by molar-refractivity contribution is 5.74. The molecule has 10 heavy (non-hydrogen) atoms. The van der Waals surface area contributed by atoms with Gasteiger partial charge in [0.2, 0.25) is 0 Å². The molecule has 1 aliphatic carbocycles. The Labute approximate surface area is 60.6 Å². The number of carboxylic acid groups (broad SMARTS) is 1. The van der Waals surface area contributed by atoms with Crippen LogP contribution in [0.15, 0.2) is 11.6 Å². The first-order chi connectivity index (χ1) is 4.61. The maximum atomic E-state index is 10.3. The number of hydrogen-bond acceptors (Lipinski definition) is 1. The average Bonchev–Trinajstić information content (AvgIpc) is 2.43. The van der Waals surface area contributed by atoms with Gasteiger partial charge in [-0.05, 0) is 26.2 Å². The van der Waals surface area contributed by atoms with Crippen molar-refractivity contribution in [2.75, 3.05) is 0 Å². The minimum absolute atomic E-state index is 0.0881. The van der Waals surface area contributed by atoms with Crippen molar-refractivity contribution in [3.63, 3.8) is 0 Å². The molecule has 56 valence electrons. The Morgan fingerprint density at radius 3 is 2.50 bits per heavy atom. The fourth-order valence-electron chi connectivity index (χ4n) is 1.11. The SMILES string of the molecule is CC(C)=CC1CC1C(=O)O. The maximum absolute atomic E-state index is 10.3. The Balaban J connectivity index is 2.40. The van der Waals surface area contributed by atoms with Crippen LogP contribution < -0.4 is 0 Å². The summed E-state index contributed by atoms with van der Waals surface area (Å²) in [5.74, 6) is -0.417. The monoisotopic (exact) mass is 140 g/mol. The first-order valence-corrected chi connectivity index (χ1v) is 3.49. The Morgan fingerprint density at radius 2 is 2.20 bits per heavy atom. The molecule has 2 heteroatoms. The lowest BCUT2D eigenvalue weighted by atomic mass is 10.2. The van der Waals surface area contributed by atoms with Crippen LogP contribution in [0.1, 0.15) is 20.3 Å². The van der Waals surface area contributed by atoms with E-state index in [1.165, 1.54) is 5.57 Å². The van der Waals surface area contributed by atoms with Gasteiger partial charge in [0.05, 0.1) is 5.92 Å². The van der Waals surface area contributed by atoms with Crippen molar-refractivity contribution in [3.8, 4) is 0 Å². The van der Waals surface area contributed by atoms with E-state index in [1.807, 2.05) is 19.9 Å². The average molecular weight is 140 g/mol. The van der Waals surface area contributed by atoms with Crippen molar-refractivity contribution >= 4 is 5.97 Å². The van der Waals surface area contributed by atoms with E-state index < -0.39 is 5.97 Å². The van der Waals surface area contributed by atoms with E-state index in [-0.39, 0.29) is 5.92 Å². The molecule has 0 radical (unpaired) electrons. The summed E-state index contributed by atoms with van der Waals surface area (Å²) in [5.41, 5.74) is 1.22. The number of hydrogen-bond donors (Lipinski definition) is 1. The summed E-state index contributed by atoms with van der Waals surface area (Å²) >= 11 is 0. The molecule has 0 spiro atoms. The van der Waals surface area contributed by atoms with Crippen LogP contribution in [0.5, 0.6) is 0 Å². The van der Waals surface area contributed by atoms with Crippen LogP contribution in [-0.4, -0.2) is 11.1 Å². The van der Waals surface area contributed by atoms with Crippen molar-refractivity contribution in [3.05, 3.63) is 11.6 Å². The molecule has 0 amide bonds. The standard InChI is InChI=1S/C8H12O2/c1-5(2)3-6-4-7(6)8(9)10/h3,6-7H,4H2,1-2H3,(H,9,10). The molecule has 0 bridgehead atoms. The summed E-state index contributed by atoms with van der Waals surface area (Å²) in [6, 6.07) is 0. The van der Waals surface area contributed by atoms with Gasteiger partial charge in [-0.15, -0.1) is 0 Å². The van der Waals surface area contributed by atoms with Crippen LogP contribution in [0, 0.1) is 11.8 Å². The van der Waals surface area contributed by atoms with Crippen LogP contribution in [0.25, 0.3) is 0 Å². The number of aliphatic carboxylic acids is 1. The number of allylic oxidation sites excluding steroid dienone is 2. The van der Waals surface area contributed by atoms with E-state index in [4.69, 9.17) is 5.11 Å². The number of rotatable bonds is 2. The molecular weight excluding hydrogens is 128 g/mol. The Hall–Kier alpha value is -0.790. The zero-order chi connectivity index (χ0) is 7.72. The highest BCUT2D eigenvalue weighted by atomic mass is 16.4. The fourth-order valence-corrected chi connectivity index (χ4v) is 1.11. The third-order valence-corrected chi connectivity index (χ3v) is 1.70. The quantitative estimate of drug-likeness (QED) is 0.592. The maximum Gasteiger partial charge on any atom is 0.307 e. The molecule has 0 aromatic rings. The van der Waals surface area contributed by atoms with Crippen LogP contribution in [0.2, 0.25) is 0 Å². The minimum atomic E-state index is -0.650. The first kappa shape index (κ1) is 7.32. The summed E-state index contributed by atoms with van der Waals surface area (Å²) in [4.78, 5) is 10.3. The summed E-state index contributed by atoms with van der Waals surface area (Å²) in [7, 11) is 0. The Bertz CT molecular complexity index is 178. The summed E-state index contributed by atoms with van der Waals surface area (Å²) < 4.78 is 0. The van der Waals surface area contributed by atoms with E-state index in [9.17, 15) is 4.79 Å². The van der Waals surface area contributed by atoms with Gasteiger partial charge in [0, 0.05) is 0 Å². The van der Waals surface area contributed by atoms with Gasteiger partial charge in [-0.25, -0.2) is 0 Å². The summed E-state index contributed by atoms with van der Waals surface area (Å²) in [6.07, 6.45) is 2.87. The van der Waals surface area contributed by atoms with E-state index in [0.29, 0.717) is 5.92 Å².